The number of rotatable bonds is 4. The molecule has 5 nitrogen and oxygen atoms in total. The highest BCUT2D eigenvalue weighted by atomic mass is 16.3. The number of aliphatic hydroxyl groups excluding tert-OH is 1. The fraction of sp³-hybridized carbons (Fsp3) is 0.857. The Morgan fingerprint density at radius 1 is 1.32 bits per heavy atom. The highest BCUT2D eigenvalue weighted by Crippen LogP contribution is 2.21. The maximum absolute atomic E-state index is 9.73. The van der Waals surface area contributed by atoms with Gasteiger partial charge in [0.25, 0.3) is 0 Å². The second kappa shape index (κ2) is 6.01. The molecule has 1 aliphatic rings. The molecule has 19 heavy (non-hydrogen) atoms. The van der Waals surface area contributed by atoms with E-state index < -0.39 is 0 Å². The molecule has 0 amide bonds. The van der Waals surface area contributed by atoms with Crippen LogP contribution >= 0.6 is 0 Å². The Hall–Kier alpha value is -0.940. The zero-order valence-corrected chi connectivity index (χ0v) is 12.5. The minimum absolute atomic E-state index is 0.214. The maximum atomic E-state index is 9.73. The lowest BCUT2D eigenvalue weighted by Crippen LogP contribution is -2.39. The molecule has 1 aromatic heterocycles. The average Bonchev–Trinajstić information content (AvgIpc) is 2.71. The van der Waals surface area contributed by atoms with Crippen molar-refractivity contribution in [3.8, 4) is 0 Å². The minimum atomic E-state index is -0.214. The lowest BCUT2D eigenvalue weighted by molar-refractivity contribution is 0.0585. The number of aliphatic hydroxyl groups is 1. The molecule has 0 radical (unpaired) electrons. The van der Waals surface area contributed by atoms with E-state index in [1.165, 1.54) is 0 Å². The van der Waals surface area contributed by atoms with Gasteiger partial charge in [0.15, 0.2) is 0 Å². The molecule has 1 N–H and O–H groups in total. The molecule has 2 rings (SSSR count). The molecule has 0 aliphatic carbocycles. The Labute approximate surface area is 115 Å². The van der Waals surface area contributed by atoms with Gasteiger partial charge in [-0.05, 0) is 32.2 Å². The number of likely N-dealkylation sites (tertiary alicyclic amines) is 1. The van der Waals surface area contributed by atoms with Gasteiger partial charge in [-0.1, -0.05) is 13.8 Å². The summed E-state index contributed by atoms with van der Waals surface area (Å²) < 4.78 is 2.11. The fourth-order valence-corrected chi connectivity index (χ4v) is 2.84. The van der Waals surface area contributed by atoms with Gasteiger partial charge < -0.3 is 9.67 Å². The molecule has 2 heterocycles. The largest absolute Gasteiger partial charge is 0.393 e. The van der Waals surface area contributed by atoms with E-state index in [-0.39, 0.29) is 6.10 Å². The average molecular weight is 266 g/mol. The second-order valence-corrected chi connectivity index (χ2v) is 6.07. The molecule has 0 bridgehead atoms. The summed E-state index contributed by atoms with van der Waals surface area (Å²) in [6.45, 7) is 9.05. The lowest BCUT2D eigenvalue weighted by Gasteiger charge is -2.33. The Morgan fingerprint density at radius 2 is 2.05 bits per heavy atom. The van der Waals surface area contributed by atoms with Crippen LogP contribution in [0.1, 0.15) is 51.2 Å². The fourth-order valence-electron chi connectivity index (χ4n) is 2.84. The van der Waals surface area contributed by atoms with Crippen molar-refractivity contribution in [2.75, 3.05) is 13.1 Å². The summed E-state index contributed by atoms with van der Waals surface area (Å²) in [6.07, 6.45) is 2.07. The van der Waals surface area contributed by atoms with Crippen LogP contribution in [0.5, 0.6) is 0 Å². The zero-order chi connectivity index (χ0) is 14.0. The van der Waals surface area contributed by atoms with Crippen LogP contribution in [0.3, 0.4) is 0 Å². The van der Waals surface area contributed by atoms with Crippen LogP contribution < -0.4 is 0 Å². The van der Waals surface area contributed by atoms with E-state index >= 15 is 0 Å². The summed E-state index contributed by atoms with van der Waals surface area (Å²) in [5, 5.41) is 18.3. The van der Waals surface area contributed by atoms with E-state index in [9.17, 15) is 5.11 Å². The molecule has 1 saturated heterocycles. The van der Waals surface area contributed by atoms with Crippen LogP contribution in [-0.4, -0.2) is 44.0 Å². The van der Waals surface area contributed by atoms with Crippen molar-refractivity contribution >= 4 is 0 Å². The quantitative estimate of drug-likeness (QED) is 0.898. The van der Waals surface area contributed by atoms with Crippen molar-refractivity contribution in [1.29, 1.82) is 0 Å². The van der Waals surface area contributed by atoms with Crippen molar-refractivity contribution < 1.29 is 5.11 Å². The predicted octanol–water partition coefficient (Wildman–Crippen LogP) is 1.53. The van der Waals surface area contributed by atoms with Crippen molar-refractivity contribution in [2.45, 2.75) is 52.2 Å². The number of nitrogens with zero attached hydrogens (tertiary/aromatic N) is 4. The smallest absolute Gasteiger partial charge is 0.146 e. The molecule has 0 spiro atoms. The van der Waals surface area contributed by atoms with Gasteiger partial charge in [0, 0.05) is 19.5 Å². The summed E-state index contributed by atoms with van der Waals surface area (Å²) in [5.41, 5.74) is 0. The molecule has 1 aromatic rings. The third-order valence-electron chi connectivity index (χ3n) is 4.10. The van der Waals surface area contributed by atoms with E-state index in [1.54, 1.807) is 0 Å². The Bertz CT molecular complexity index is 414. The minimum Gasteiger partial charge on any atom is -0.393 e. The first-order chi connectivity index (χ1) is 8.99. The van der Waals surface area contributed by atoms with E-state index in [1.807, 2.05) is 14.0 Å². The summed E-state index contributed by atoms with van der Waals surface area (Å²) in [5.74, 6) is 2.86. The van der Waals surface area contributed by atoms with Crippen molar-refractivity contribution in [3.05, 3.63) is 11.6 Å². The van der Waals surface area contributed by atoms with Gasteiger partial charge in [-0.2, -0.15) is 0 Å². The Balaban J connectivity index is 2.01. The summed E-state index contributed by atoms with van der Waals surface area (Å²) >= 11 is 0. The molecule has 0 aromatic carbocycles. The van der Waals surface area contributed by atoms with E-state index in [0.29, 0.717) is 11.8 Å². The van der Waals surface area contributed by atoms with Gasteiger partial charge in [-0.15, -0.1) is 10.2 Å². The van der Waals surface area contributed by atoms with Gasteiger partial charge in [-0.25, -0.2) is 0 Å². The van der Waals surface area contributed by atoms with Crippen LogP contribution in [0.15, 0.2) is 0 Å². The second-order valence-electron chi connectivity index (χ2n) is 6.07. The first-order valence-corrected chi connectivity index (χ1v) is 7.27. The highest BCUT2D eigenvalue weighted by Gasteiger charge is 2.24. The van der Waals surface area contributed by atoms with Gasteiger partial charge in [0.2, 0.25) is 0 Å². The summed E-state index contributed by atoms with van der Waals surface area (Å²) in [4.78, 5) is 2.38. The SMILES string of the molecule is CC(C)c1nnc(CN2CCCC(C(C)O)C2)n1C. The van der Waals surface area contributed by atoms with Crippen LogP contribution in [0.4, 0.5) is 0 Å². The van der Waals surface area contributed by atoms with Crippen molar-refractivity contribution in [2.24, 2.45) is 13.0 Å². The topological polar surface area (TPSA) is 54.2 Å². The normalized spacial score (nSPS) is 22.9. The number of hydrogen-bond acceptors (Lipinski definition) is 4. The molecule has 108 valence electrons. The summed E-state index contributed by atoms with van der Waals surface area (Å²) in [7, 11) is 2.04. The zero-order valence-electron chi connectivity index (χ0n) is 12.5. The molecular weight excluding hydrogens is 240 g/mol. The number of hydrogen-bond donors (Lipinski definition) is 1. The van der Waals surface area contributed by atoms with E-state index in [0.717, 1.165) is 44.1 Å². The van der Waals surface area contributed by atoms with Crippen LogP contribution in [0.25, 0.3) is 0 Å². The Kier molecular flexibility index (Phi) is 4.58. The first-order valence-electron chi connectivity index (χ1n) is 7.27. The molecular formula is C14H26N4O. The molecule has 1 fully saturated rings. The van der Waals surface area contributed by atoms with Crippen molar-refractivity contribution in [3.63, 3.8) is 0 Å². The monoisotopic (exact) mass is 266 g/mol. The van der Waals surface area contributed by atoms with Gasteiger partial charge >= 0.3 is 0 Å². The van der Waals surface area contributed by atoms with Crippen molar-refractivity contribution in [1.82, 2.24) is 19.7 Å². The molecule has 2 unspecified atom stereocenters. The molecule has 0 saturated carbocycles. The van der Waals surface area contributed by atoms with Crippen LogP contribution in [0, 0.1) is 5.92 Å². The Morgan fingerprint density at radius 3 is 2.63 bits per heavy atom. The number of piperidine rings is 1. The lowest BCUT2D eigenvalue weighted by atomic mass is 9.93. The van der Waals surface area contributed by atoms with E-state index in [4.69, 9.17) is 0 Å². The standard InChI is InChI=1S/C14H26N4O/c1-10(2)14-16-15-13(17(14)4)9-18-7-5-6-12(8-18)11(3)19/h10-12,19H,5-9H2,1-4H3. The molecule has 2 atom stereocenters. The van der Waals surface area contributed by atoms with Gasteiger partial charge in [-0.3, -0.25) is 4.90 Å². The van der Waals surface area contributed by atoms with Crippen LogP contribution in [0.2, 0.25) is 0 Å². The van der Waals surface area contributed by atoms with Gasteiger partial charge in [0.05, 0.1) is 12.6 Å². The highest BCUT2D eigenvalue weighted by molar-refractivity contribution is 4.99. The molecule has 1 aliphatic heterocycles. The molecule has 5 heteroatoms. The summed E-state index contributed by atoms with van der Waals surface area (Å²) in [6, 6.07) is 0. The van der Waals surface area contributed by atoms with E-state index in [2.05, 4.69) is 33.5 Å². The van der Waals surface area contributed by atoms with Gasteiger partial charge in [0.1, 0.15) is 11.6 Å². The van der Waals surface area contributed by atoms with Crippen LogP contribution in [-0.2, 0) is 13.6 Å². The number of aromatic nitrogens is 3. The first kappa shape index (κ1) is 14.5. The third kappa shape index (κ3) is 3.34. The predicted molar refractivity (Wildman–Crippen MR) is 74.8 cm³/mol. The third-order valence-corrected chi connectivity index (χ3v) is 4.10. The maximum Gasteiger partial charge on any atom is 0.146 e.